The Morgan fingerprint density at radius 1 is 0.818 bits per heavy atom. The van der Waals surface area contributed by atoms with Gasteiger partial charge >= 0.3 is 0 Å². The van der Waals surface area contributed by atoms with Crippen LogP contribution in [0.4, 0.5) is 0 Å². The predicted molar refractivity (Wildman–Crippen MR) is 144 cm³/mol. The van der Waals surface area contributed by atoms with Crippen LogP contribution in [0.25, 0.3) is 0 Å². The van der Waals surface area contributed by atoms with Gasteiger partial charge in [-0.3, -0.25) is 0 Å². The van der Waals surface area contributed by atoms with Gasteiger partial charge in [0.15, 0.2) is 0 Å². The van der Waals surface area contributed by atoms with Crippen LogP contribution in [-0.4, -0.2) is 50.5 Å². The van der Waals surface area contributed by atoms with Crippen molar-refractivity contribution in [3.8, 4) is 0 Å². The highest BCUT2D eigenvalue weighted by molar-refractivity contribution is 6.77. The average Bonchev–Trinajstić information content (AvgIpc) is 2.81. The van der Waals surface area contributed by atoms with Crippen molar-refractivity contribution in [2.24, 2.45) is 4.99 Å². The second-order valence-corrected chi connectivity index (χ2v) is 15.8. The Balaban J connectivity index is 0.000000621. The van der Waals surface area contributed by atoms with E-state index in [0.29, 0.717) is 5.56 Å². The zero-order chi connectivity index (χ0) is 25.2. The molecule has 2 unspecified atom stereocenters. The van der Waals surface area contributed by atoms with Crippen molar-refractivity contribution in [3.63, 3.8) is 0 Å². The zero-order valence-corrected chi connectivity index (χ0v) is 23.7. The SMILES string of the molecule is CCCC[N+](CCCC)(CCCC)CCCC.C[Si](C)(C)C(N=C=O)C([O-])c1ccccc1. The number of unbranched alkanes of at least 4 members (excludes halogenated alkanes) is 4. The van der Waals surface area contributed by atoms with E-state index in [4.69, 9.17) is 0 Å². The summed E-state index contributed by atoms with van der Waals surface area (Å²) < 4.78 is 1.42. The monoisotopic (exact) mass is 476 g/mol. The van der Waals surface area contributed by atoms with Gasteiger partial charge in [-0.2, -0.15) is 0 Å². The molecule has 0 aliphatic carbocycles. The first-order valence-corrected chi connectivity index (χ1v) is 16.9. The Hall–Kier alpha value is -1.26. The lowest BCUT2D eigenvalue weighted by atomic mass is 10.1. The van der Waals surface area contributed by atoms with Gasteiger partial charge in [-0.25, -0.2) is 9.79 Å². The maximum atomic E-state index is 12.2. The molecule has 0 aliphatic heterocycles. The number of rotatable bonds is 16. The zero-order valence-electron chi connectivity index (χ0n) is 22.7. The lowest BCUT2D eigenvalue weighted by Gasteiger charge is -2.39. The third-order valence-corrected chi connectivity index (χ3v) is 8.64. The molecule has 33 heavy (non-hydrogen) atoms. The minimum Gasteiger partial charge on any atom is -0.847 e. The van der Waals surface area contributed by atoms with Gasteiger partial charge in [0.05, 0.1) is 34.3 Å². The van der Waals surface area contributed by atoms with Crippen molar-refractivity contribution in [1.29, 1.82) is 0 Å². The summed E-state index contributed by atoms with van der Waals surface area (Å²) in [7, 11) is -1.80. The van der Waals surface area contributed by atoms with Gasteiger partial charge in [-0.15, -0.1) is 0 Å². The molecule has 0 saturated carbocycles. The molecular weight excluding hydrogens is 424 g/mol. The first-order valence-electron chi connectivity index (χ1n) is 13.3. The number of benzene rings is 1. The van der Waals surface area contributed by atoms with Crippen LogP contribution in [-0.2, 0) is 4.79 Å². The maximum absolute atomic E-state index is 12.2. The highest BCUT2D eigenvalue weighted by Gasteiger charge is 2.29. The van der Waals surface area contributed by atoms with Crippen molar-refractivity contribution in [3.05, 3.63) is 35.9 Å². The predicted octanol–water partition coefficient (Wildman–Crippen LogP) is 6.67. The van der Waals surface area contributed by atoms with Crippen molar-refractivity contribution in [1.82, 2.24) is 0 Å². The summed E-state index contributed by atoms with van der Waals surface area (Å²) in [6, 6.07) is 9.08. The summed E-state index contributed by atoms with van der Waals surface area (Å²) in [5.41, 5.74) is 0.237. The van der Waals surface area contributed by atoms with Crippen LogP contribution in [0.5, 0.6) is 0 Å². The molecule has 0 spiro atoms. The molecule has 190 valence electrons. The van der Waals surface area contributed by atoms with E-state index in [1.54, 1.807) is 12.1 Å². The van der Waals surface area contributed by atoms with Gasteiger partial charge in [0, 0.05) is 5.67 Å². The summed E-state index contributed by atoms with van der Waals surface area (Å²) in [4.78, 5) is 14.1. The van der Waals surface area contributed by atoms with Crippen LogP contribution in [0.15, 0.2) is 35.3 Å². The van der Waals surface area contributed by atoms with Gasteiger partial charge in [-0.1, -0.05) is 115 Å². The van der Waals surface area contributed by atoms with Gasteiger partial charge in [-0.05, 0) is 25.7 Å². The molecule has 0 aromatic heterocycles. The van der Waals surface area contributed by atoms with Crippen LogP contribution < -0.4 is 5.11 Å². The maximum Gasteiger partial charge on any atom is 0.234 e. The first-order chi connectivity index (χ1) is 15.7. The summed E-state index contributed by atoms with van der Waals surface area (Å²) >= 11 is 0. The second-order valence-electron chi connectivity index (χ2n) is 10.5. The molecule has 0 heterocycles. The van der Waals surface area contributed by atoms with E-state index in [1.165, 1.54) is 88.1 Å². The van der Waals surface area contributed by atoms with Crippen molar-refractivity contribution >= 4 is 14.2 Å². The molecule has 1 rings (SSSR count). The molecule has 2 atom stereocenters. The fourth-order valence-corrected chi connectivity index (χ4v) is 5.78. The molecule has 0 bridgehead atoms. The van der Waals surface area contributed by atoms with Crippen LogP contribution in [0.2, 0.25) is 19.6 Å². The smallest absolute Gasteiger partial charge is 0.234 e. The summed E-state index contributed by atoms with van der Waals surface area (Å²) in [6.07, 6.45) is 11.6. The Kier molecular flexibility index (Phi) is 17.4. The highest BCUT2D eigenvalue weighted by Crippen LogP contribution is 2.24. The van der Waals surface area contributed by atoms with Crippen LogP contribution >= 0.6 is 0 Å². The number of quaternary nitrogens is 1. The largest absolute Gasteiger partial charge is 0.847 e. The normalized spacial score (nSPS) is 13.5. The van der Waals surface area contributed by atoms with E-state index in [2.05, 4.69) is 32.7 Å². The van der Waals surface area contributed by atoms with Crippen LogP contribution in [0, 0.1) is 0 Å². The quantitative estimate of drug-likeness (QED) is 0.116. The van der Waals surface area contributed by atoms with Gasteiger partial charge in [0.1, 0.15) is 0 Å². The number of hydrogen-bond acceptors (Lipinski definition) is 3. The molecular formula is C28H52N2O2Si. The summed E-state index contributed by atoms with van der Waals surface area (Å²) in [6.45, 7) is 21.1. The van der Waals surface area contributed by atoms with Crippen molar-refractivity contribution < 1.29 is 14.4 Å². The fraction of sp³-hybridized carbons (Fsp3) is 0.750. The fourth-order valence-electron chi connectivity index (χ4n) is 4.24. The molecule has 0 N–H and O–H groups in total. The average molecular weight is 477 g/mol. The molecule has 5 heteroatoms. The topological polar surface area (TPSA) is 52.5 Å². The number of aliphatic imine (C=N–C) groups is 1. The van der Waals surface area contributed by atoms with E-state index in [1.807, 2.05) is 37.8 Å². The molecule has 0 aliphatic rings. The standard InChI is InChI=1S/C16H36N.C12H16NO2Si/c1-5-9-13-17(14-10-6-2,15-11-7-3)16-12-8-4;1-16(2,3)12(13-9-14)11(15)10-7-5-4-6-8-10/h5-16H2,1-4H3;4-8,11-12H,1-3H3/q+1;-1. The van der Waals surface area contributed by atoms with Gasteiger partial charge < -0.3 is 9.59 Å². The number of isocyanates is 1. The van der Waals surface area contributed by atoms with Gasteiger partial charge in [0.25, 0.3) is 0 Å². The second kappa shape index (κ2) is 18.1. The molecule has 0 saturated heterocycles. The van der Waals surface area contributed by atoms with E-state index < -0.39 is 19.8 Å². The number of nitrogens with zero attached hydrogens (tertiary/aromatic N) is 2. The van der Waals surface area contributed by atoms with Crippen molar-refractivity contribution in [2.45, 2.75) is 110 Å². The molecule has 0 fully saturated rings. The Morgan fingerprint density at radius 3 is 1.52 bits per heavy atom. The lowest BCUT2D eigenvalue weighted by Crippen LogP contribution is -2.50. The minimum atomic E-state index is -1.80. The Morgan fingerprint density at radius 2 is 1.21 bits per heavy atom. The molecule has 4 nitrogen and oxygen atoms in total. The van der Waals surface area contributed by atoms with E-state index in [0.717, 1.165) is 0 Å². The van der Waals surface area contributed by atoms with E-state index >= 15 is 0 Å². The Labute approximate surface area is 206 Å². The molecule has 1 aromatic carbocycles. The van der Waals surface area contributed by atoms with E-state index in [9.17, 15) is 9.90 Å². The van der Waals surface area contributed by atoms with Crippen LogP contribution in [0.1, 0.15) is 90.7 Å². The number of hydrogen-bond donors (Lipinski definition) is 0. The molecule has 1 aromatic rings. The third-order valence-electron chi connectivity index (χ3n) is 6.44. The first kappa shape index (κ1) is 31.7. The van der Waals surface area contributed by atoms with Crippen molar-refractivity contribution in [2.75, 3.05) is 26.2 Å². The minimum absolute atomic E-state index is 0.451. The Bertz CT molecular complexity index is 602. The lowest BCUT2D eigenvalue weighted by molar-refractivity contribution is -0.929. The summed E-state index contributed by atoms with van der Waals surface area (Å²) in [5, 5.41) is 12.2. The number of carbonyl (C=O) groups excluding carboxylic acids is 1. The van der Waals surface area contributed by atoms with Gasteiger partial charge in [0.2, 0.25) is 6.08 Å². The third kappa shape index (κ3) is 13.3. The highest BCUT2D eigenvalue weighted by atomic mass is 28.3. The molecule has 0 amide bonds. The summed E-state index contributed by atoms with van der Waals surface area (Å²) in [5.74, 6) is 0. The van der Waals surface area contributed by atoms with E-state index in [-0.39, 0.29) is 0 Å². The molecule has 0 radical (unpaired) electrons. The van der Waals surface area contributed by atoms with Crippen LogP contribution in [0.3, 0.4) is 0 Å².